The summed E-state index contributed by atoms with van der Waals surface area (Å²) in [4.78, 5) is 13.9. The van der Waals surface area contributed by atoms with E-state index in [1.807, 2.05) is 18.2 Å². The van der Waals surface area contributed by atoms with Gasteiger partial charge in [-0.15, -0.1) is 0 Å². The summed E-state index contributed by atoms with van der Waals surface area (Å²) < 4.78 is 0. The van der Waals surface area contributed by atoms with E-state index < -0.39 is 18.2 Å². The molecule has 0 saturated carbocycles. The van der Waals surface area contributed by atoms with Crippen molar-refractivity contribution in [2.24, 2.45) is 5.73 Å². The van der Waals surface area contributed by atoms with Crippen LogP contribution >= 0.6 is 0 Å². The van der Waals surface area contributed by atoms with Gasteiger partial charge in [0.2, 0.25) is 5.91 Å². The lowest BCUT2D eigenvalue weighted by molar-refractivity contribution is -0.120. The SMILES string of the molecule is CC(C(=O)Nc1cccc(CN)c1)N1CC(O)C(O)C1. The van der Waals surface area contributed by atoms with Gasteiger partial charge in [0.1, 0.15) is 0 Å². The summed E-state index contributed by atoms with van der Waals surface area (Å²) in [5, 5.41) is 21.9. The van der Waals surface area contributed by atoms with Crippen molar-refractivity contribution in [3.05, 3.63) is 29.8 Å². The van der Waals surface area contributed by atoms with Crippen LogP contribution in [0.4, 0.5) is 5.69 Å². The molecule has 6 heteroatoms. The number of nitrogens with one attached hydrogen (secondary N) is 1. The van der Waals surface area contributed by atoms with E-state index in [1.165, 1.54) is 0 Å². The molecule has 3 atom stereocenters. The monoisotopic (exact) mass is 279 g/mol. The van der Waals surface area contributed by atoms with Crippen LogP contribution in [0.5, 0.6) is 0 Å². The Labute approximate surface area is 118 Å². The van der Waals surface area contributed by atoms with E-state index in [4.69, 9.17) is 5.73 Å². The first-order valence-electron chi connectivity index (χ1n) is 6.71. The summed E-state index contributed by atoms with van der Waals surface area (Å²) in [7, 11) is 0. The van der Waals surface area contributed by atoms with Crippen molar-refractivity contribution < 1.29 is 15.0 Å². The van der Waals surface area contributed by atoms with Crippen LogP contribution in [0.15, 0.2) is 24.3 Å². The molecule has 1 aliphatic heterocycles. The molecule has 3 unspecified atom stereocenters. The number of hydrogen-bond donors (Lipinski definition) is 4. The first-order chi connectivity index (χ1) is 9.51. The number of nitrogens with two attached hydrogens (primary N) is 1. The molecular weight excluding hydrogens is 258 g/mol. The minimum absolute atomic E-state index is 0.166. The molecule has 1 heterocycles. The third-order valence-electron chi connectivity index (χ3n) is 3.64. The molecule has 20 heavy (non-hydrogen) atoms. The predicted octanol–water partition coefficient (Wildman–Crippen LogP) is -0.490. The van der Waals surface area contributed by atoms with Crippen LogP contribution in [0, 0.1) is 0 Å². The predicted molar refractivity (Wildman–Crippen MR) is 76.0 cm³/mol. The molecule has 0 aliphatic carbocycles. The highest BCUT2D eigenvalue weighted by atomic mass is 16.3. The van der Waals surface area contributed by atoms with Crippen molar-refractivity contribution in [1.29, 1.82) is 0 Å². The zero-order valence-corrected chi connectivity index (χ0v) is 11.5. The summed E-state index contributed by atoms with van der Waals surface area (Å²) in [6.45, 7) is 2.79. The summed E-state index contributed by atoms with van der Waals surface area (Å²) in [6.07, 6.45) is -1.57. The van der Waals surface area contributed by atoms with Gasteiger partial charge < -0.3 is 21.3 Å². The number of carbonyl (C=O) groups is 1. The highest BCUT2D eigenvalue weighted by Gasteiger charge is 2.34. The molecule has 6 nitrogen and oxygen atoms in total. The molecule has 0 spiro atoms. The quantitative estimate of drug-likeness (QED) is 0.596. The number of β-amino-alcohol motifs (C(OH)–C–C–N with tert-alkyl or cyclic N) is 2. The second-order valence-electron chi connectivity index (χ2n) is 5.16. The summed E-state index contributed by atoms with van der Waals surface area (Å²) in [5.74, 6) is -0.166. The molecule has 1 amide bonds. The number of hydrogen-bond acceptors (Lipinski definition) is 5. The molecule has 5 N–H and O–H groups in total. The van der Waals surface area contributed by atoms with Crippen molar-refractivity contribution in [1.82, 2.24) is 4.90 Å². The molecule has 1 aliphatic rings. The summed E-state index contributed by atoms with van der Waals surface area (Å²) in [5.41, 5.74) is 7.21. The van der Waals surface area contributed by atoms with Gasteiger partial charge in [-0.2, -0.15) is 0 Å². The highest BCUT2D eigenvalue weighted by Crippen LogP contribution is 2.16. The van der Waals surface area contributed by atoms with Crippen LogP contribution in [-0.2, 0) is 11.3 Å². The van der Waals surface area contributed by atoms with Gasteiger partial charge in [-0.25, -0.2) is 0 Å². The maximum Gasteiger partial charge on any atom is 0.241 e. The van der Waals surface area contributed by atoms with E-state index in [0.717, 1.165) is 5.56 Å². The molecule has 0 bridgehead atoms. The normalized spacial score (nSPS) is 24.6. The lowest BCUT2D eigenvalue weighted by Gasteiger charge is -2.22. The number of nitrogens with zero attached hydrogens (tertiary/aromatic N) is 1. The topological polar surface area (TPSA) is 98.8 Å². The molecule has 1 saturated heterocycles. The van der Waals surface area contributed by atoms with Gasteiger partial charge in [0.15, 0.2) is 0 Å². The van der Waals surface area contributed by atoms with Gasteiger partial charge in [0.25, 0.3) is 0 Å². The third kappa shape index (κ3) is 3.34. The Kier molecular flexibility index (Phi) is 4.72. The van der Waals surface area contributed by atoms with Gasteiger partial charge in [-0.05, 0) is 24.6 Å². The van der Waals surface area contributed by atoms with Crippen LogP contribution in [0.25, 0.3) is 0 Å². The zero-order chi connectivity index (χ0) is 14.7. The fraction of sp³-hybridized carbons (Fsp3) is 0.500. The van der Waals surface area contributed by atoms with Crippen molar-refractivity contribution in [2.45, 2.75) is 31.7 Å². The Bertz CT molecular complexity index is 470. The summed E-state index contributed by atoms with van der Waals surface area (Å²) >= 11 is 0. The van der Waals surface area contributed by atoms with Gasteiger partial charge in [-0.1, -0.05) is 12.1 Å². The van der Waals surface area contributed by atoms with Crippen molar-refractivity contribution in [3.63, 3.8) is 0 Å². The van der Waals surface area contributed by atoms with Crippen molar-refractivity contribution in [2.75, 3.05) is 18.4 Å². The fourth-order valence-electron chi connectivity index (χ4n) is 2.30. The van der Waals surface area contributed by atoms with Crippen LogP contribution < -0.4 is 11.1 Å². The van der Waals surface area contributed by atoms with Gasteiger partial charge >= 0.3 is 0 Å². The van der Waals surface area contributed by atoms with E-state index >= 15 is 0 Å². The number of benzene rings is 1. The summed E-state index contributed by atoms with van der Waals surface area (Å²) in [6, 6.07) is 6.96. The largest absolute Gasteiger partial charge is 0.389 e. The fourth-order valence-corrected chi connectivity index (χ4v) is 2.30. The van der Waals surface area contributed by atoms with E-state index in [2.05, 4.69) is 5.32 Å². The third-order valence-corrected chi connectivity index (χ3v) is 3.64. The average molecular weight is 279 g/mol. The molecule has 1 fully saturated rings. The van der Waals surface area contributed by atoms with Gasteiger partial charge in [-0.3, -0.25) is 9.69 Å². The lowest BCUT2D eigenvalue weighted by atomic mass is 10.2. The molecule has 110 valence electrons. The molecular formula is C14H21N3O3. The van der Waals surface area contributed by atoms with Crippen LogP contribution in [0.1, 0.15) is 12.5 Å². The van der Waals surface area contributed by atoms with Crippen molar-refractivity contribution in [3.8, 4) is 0 Å². The molecule has 1 aromatic rings. The zero-order valence-electron chi connectivity index (χ0n) is 11.5. The number of carbonyl (C=O) groups excluding carboxylic acids is 1. The van der Waals surface area contributed by atoms with Crippen molar-refractivity contribution >= 4 is 11.6 Å². The maximum atomic E-state index is 12.2. The average Bonchev–Trinajstić information content (AvgIpc) is 2.78. The second kappa shape index (κ2) is 6.32. The highest BCUT2D eigenvalue weighted by molar-refractivity contribution is 5.94. The molecule has 0 radical (unpaired) electrons. The number of rotatable bonds is 4. The number of anilines is 1. The molecule has 2 rings (SSSR count). The van der Waals surface area contributed by atoms with E-state index in [9.17, 15) is 15.0 Å². The number of amides is 1. The van der Waals surface area contributed by atoms with Crippen LogP contribution in [0.3, 0.4) is 0 Å². The van der Waals surface area contributed by atoms with Gasteiger partial charge in [0, 0.05) is 25.3 Å². The maximum absolute atomic E-state index is 12.2. The number of aliphatic hydroxyl groups is 2. The lowest BCUT2D eigenvalue weighted by Crippen LogP contribution is -2.41. The Morgan fingerprint density at radius 3 is 2.70 bits per heavy atom. The Balaban J connectivity index is 1.97. The first kappa shape index (κ1) is 14.9. The number of likely N-dealkylation sites (tertiary alicyclic amines) is 1. The van der Waals surface area contributed by atoms with Crippen LogP contribution in [-0.4, -0.2) is 52.4 Å². The van der Waals surface area contributed by atoms with E-state index in [1.54, 1.807) is 17.9 Å². The first-order valence-corrected chi connectivity index (χ1v) is 6.71. The minimum Gasteiger partial charge on any atom is -0.389 e. The standard InChI is InChI=1S/C14H21N3O3/c1-9(17-7-12(18)13(19)8-17)14(20)16-11-4-2-3-10(5-11)6-15/h2-5,9,12-13,18-19H,6-8,15H2,1H3,(H,16,20). The van der Waals surface area contributed by atoms with E-state index in [0.29, 0.717) is 25.3 Å². The van der Waals surface area contributed by atoms with E-state index in [-0.39, 0.29) is 5.91 Å². The Hall–Kier alpha value is -1.47. The molecule has 0 aromatic heterocycles. The molecule has 1 aromatic carbocycles. The minimum atomic E-state index is -0.786. The Morgan fingerprint density at radius 2 is 2.10 bits per heavy atom. The van der Waals surface area contributed by atoms with Crippen LogP contribution in [0.2, 0.25) is 0 Å². The smallest absolute Gasteiger partial charge is 0.241 e. The number of aliphatic hydroxyl groups excluding tert-OH is 2. The van der Waals surface area contributed by atoms with Gasteiger partial charge in [0.05, 0.1) is 18.2 Å². The Morgan fingerprint density at radius 1 is 1.45 bits per heavy atom. The second-order valence-corrected chi connectivity index (χ2v) is 5.16.